The Labute approximate surface area is 165 Å². The molecule has 2 aromatic carbocycles. The van der Waals surface area contributed by atoms with Crippen molar-refractivity contribution in [3.05, 3.63) is 70.5 Å². The highest BCUT2D eigenvalue weighted by molar-refractivity contribution is 5.83. The molecule has 1 fully saturated rings. The zero-order valence-electron chi connectivity index (χ0n) is 16.0. The Kier molecular flexibility index (Phi) is 4.91. The van der Waals surface area contributed by atoms with Crippen molar-refractivity contribution in [1.29, 1.82) is 10.7 Å². The summed E-state index contributed by atoms with van der Waals surface area (Å²) >= 11 is 0. The first-order valence-corrected chi connectivity index (χ1v) is 9.76. The molecule has 1 atom stereocenters. The van der Waals surface area contributed by atoms with Crippen LogP contribution < -0.4 is 0 Å². The molecule has 4 rings (SSSR count). The van der Waals surface area contributed by atoms with E-state index < -0.39 is 5.60 Å². The van der Waals surface area contributed by atoms with Gasteiger partial charge in [0.05, 0.1) is 24.1 Å². The van der Waals surface area contributed by atoms with Gasteiger partial charge in [0.2, 0.25) is 0 Å². The molecule has 1 heterocycles. The van der Waals surface area contributed by atoms with Crippen LogP contribution >= 0.6 is 0 Å². The van der Waals surface area contributed by atoms with Crippen molar-refractivity contribution >= 4 is 5.84 Å². The average Bonchev–Trinajstić information content (AvgIpc) is 3.50. The van der Waals surface area contributed by atoms with Crippen LogP contribution in [0.1, 0.15) is 47.9 Å². The first-order chi connectivity index (χ1) is 13.5. The van der Waals surface area contributed by atoms with Gasteiger partial charge in [-0.3, -0.25) is 5.41 Å². The minimum absolute atomic E-state index is 0.269. The number of ether oxygens (including phenoxy) is 1. The van der Waals surface area contributed by atoms with Crippen LogP contribution in [0.4, 0.5) is 4.39 Å². The molecule has 2 aromatic rings. The molecule has 0 radical (unpaired) electrons. The lowest BCUT2D eigenvalue weighted by Gasteiger charge is -2.31. The number of benzene rings is 2. The van der Waals surface area contributed by atoms with E-state index in [9.17, 15) is 9.65 Å². The molecule has 144 valence electrons. The highest BCUT2D eigenvalue weighted by Crippen LogP contribution is 2.45. The summed E-state index contributed by atoms with van der Waals surface area (Å²) in [6.45, 7) is 1.23. The average molecular weight is 377 g/mol. The molecular weight excluding hydrogens is 353 g/mol. The normalized spacial score (nSPS) is 20.5. The predicted octanol–water partition coefficient (Wildman–Crippen LogP) is 4.57. The molecule has 1 N–H and O–H groups in total. The number of nitriles is 1. The molecular formula is C23H24FN3O. The molecule has 0 spiro atoms. The topological polar surface area (TPSA) is 60.1 Å². The maximum absolute atomic E-state index is 13.5. The van der Waals surface area contributed by atoms with Crippen LogP contribution in [0.3, 0.4) is 0 Å². The summed E-state index contributed by atoms with van der Waals surface area (Å²) in [5.41, 5.74) is 2.98. The largest absolute Gasteiger partial charge is 0.363 e. The van der Waals surface area contributed by atoms with Crippen molar-refractivity contribution < 1.29 is 9.13 Å². The van der Waals surface area contributed by atoms with Gasteiger partial charge in [-0.15, -0.1) is 0 Å². The van der Waals surface area contributed by atoms with E-state index in [2.05, 4.69) is 6.07 Å². The maximum atomic E-state index is 13.5. The number of hydrogen-bond acceptors (Lipinski definition) is 3. The van der Waals surface area contributed by atoms with E-state index in [4.69, 9.17) is 10.1 Å². The van der Waals surface area contributed by atoms with Crippen LogP contribution in [-0.2, 0) is 16.9 Å². The summed E-state index contributed by atoms with van der Waals surface area (Å²) in [6, 6.07) is 14.4. The second-order valence-electron chi connectivity index (χ2n) is 7.79. The number of nitrogens with zero attached hydrogens (tertiary/aromatic N) is 2. The summed E-state index contributed by atoms with van der Waals surface area (Å²) in [5, 5.41) is 17.4. The Morgan fingerprint density at radius 1 is 1.29 bits per heavy atom. The van der Waals surface area contributed by atoms with Gasteiger partial charge >= 0.3 is 0 Å². The second-order valence-corrected chi connectivity index (χ2v) is 7.79. The molecule has 0 aromatic heterocycles. The van der Waals surface area contributed by atoms with Crippen molar-refractivity contribution in [2.45, 2.75) is 37.9 Å². The second kappa shape index (κ2) is 7.37. The van der Waals surface area contributed by atoms with Gasteiger partial charge in [-0.2, -0.15) is 5.26 Å². The Morgan fingerprint density at radius 2 is 2.04 bits per heavy atom. The standard InChI is InChI=1S/C23H24FN3O/c1-27(22(26)17-4-5-17)12-2-11-23(19-6-8-20(24)9-7-19)21-10-3-16(14-25)13-18(21)15-28-23/h3,6-10,13,17,26H,2,4-5,11-12,15H2,1H3. The smallest absolute Gasteiger partial charge is 0.123 e. The van der Waals surface area contributed by atoms with Crippen LogP contribution in [0, 0.1) is 28.5 Å². The van der Waals surface area contributed by atoms with Gasteiger partial charge in [0, 0.05) is 19.5 Å². The minimum atomic E-state index is -0.639. The van der Waals surface area contributed by atoms with Crippen LogP contribution in [0.25, 0.3) is 0 Å². The van der Waals surface area contributed by atoms with Gasteiger partial charge in [0.15, 0.2) is 0 Å². The Bertz CT molecular complexity index is 930. The quantitative estimate of drug-likeness (QED) is 0.592. The van der Waals surface area contributed by atoms with Gasteiger partial charge in [0.1, 0.15) is 11.4 Å². The van der Waals surface area contributed by atoms with Crippen molar-refractivity contribution in [3.8, 4) is 6.07 Å². The third-order valence-corrected chi connectivity index (χ3v) is 5.85. The zero-order valence-corrected chi connectivity index (χ0v) is 16.0. The molecule has 28 heavy (non-hydrogen) atoms. The Hall–Kier alpha value is -2.71. The third kappa shape index (κ3) is 3.41. The Morgan fingerprint density at radius 3 is 2.71 bits per heavy atom. The predicted molar refractivity (Wildman–Crippen MR) is 105 cm³/mol. The molecule has 0 saturated heterocycles. The lowest BCUT2D eigenvalue weighted by atomic mass is 9.81. The molecule has 1 aliphatic carbocycles. The number of halogens is 1. The van der Waals surface area contributed by atoms with Gasteiger partial charge in [-0.1, -0.05) is 18.2 Å². The van der Waals surface area contributed by atoms with Crippen LogP contribution in [-0.4, -0.2) is 24.3 Å². The zero-order chi connectivity index (χ0) is 19.7. The van der Waals surface area contributed by atoms with Crippen molar-refractivity contribution in [2.75, 3.05) is 13.6 Å². The van der Waals surface area contributed by atoms with E-state index in [1.807, 2.05) is 30.1 Å². The van der Waals surface area contributed by atoms with Crippen molar-refractivity contribution in [2.24, 2.45) is 5.92 Å². The van der Waals surface area contributed by atoms with Gasteiger partial charge in [0.25, 0.3) is 0 Å². The van der Waals surface area contributed by atoms with E-state index in [1.54, 1.807) is 12.1 Å². The molecule has 0 amide bonds. The summed E-state index contributed by atoms with van der Waals surface area (Å²) in [4.78, 5) is 2.03. The monoisotopic (exact) mass is 377 g/mol. The molecule has 1 aliphatic heterocycles. The Balaban J connectivity index is 1.60. The molecule has 2 aliphatic rings. The van der Waals surface area contributed by atoms with Crippen LogP contribution in [0.5, 0.6) is 0 Å². The first kappa shape index (κ1) is 18.6. The lowest BCUT2D eigenvalue weighted by molar-refractivity contribution is -0.0136. The maximum Gasteiger partial charge on any atom is 0.123 e. The van der Waals surface area contributed by atoms with E-state index in [-0.39, 0.29) is 5.82 Å². The lowest BCUT2D eigenvalue weighted by Crippen LogP contribution is -2.32. The SMILES string of the molecule is CN(CCCC1(c2ccc(F)cc2)OCc2cc(C#N)ccc21)C(=N)C1CC1. The fraction of sp³-hybridized carbons (Fsp3) is 0.391. The number of nitrogens with one attached hydrogen (secondary N) is 1. The molecule has 1 saturated carbocycles. The summed E-state index contributed by atoms with van der Waals surface area (Å²) in [6.07, 6.45) is 3.84. The molecule has 5 heteroatoms. The highest BCUT2D eigenvalue weighted by atomic mass is 19.1. The number of hydrogen-bond donors (Lipinski definition) is 1. The third-order valence-electron chi connectivity index (χ3n) is 5.85. The summed E-state index contributed by atoms with van der Waals surface area (Å²) < 4.78 is 19.8. The van der Waals surface area contributed by atoms with E-state index in [0.717, 1.165) is 54.8 Å². The number of rotatable bonds is 6. The molecule has 1 unspecified atom stereocenters. The van der Waals surface area contributed by atoms with Crippen molar-refractivity contribution in [3.63, 3.8) is 0 Å². The fourth-order valence-corrected chi connectivity index (χ4v) is 4.12. The highest BCUT2D eigenvalue weighted by Gasteiger charge is 2.41. The summed E-state index contributed by atoms with van der Waals surface area (Å²) in [5.74, 6) is 0.890. The van der Waals surface area contributed by atoms with Crippen LogP contribution in [0.2, 0.25) is 0 Å². The van der Waals surface area contributed by atoms with Crippen LogP contribution in [0.15, 0.2) is 42.5 Å². The van der Waals surface area contributed by atoms with E-state index in [0.29, 0.717) is 18.1 Å². The molecule has 4 nitrogen and oxygen atoms in total. The van der Waals surface area contributed by atoms with Gasteiger partial charge in [-0.05, 0) is 66.6 Å². The first-order valence-electron chi connectivity index (χ1n) is 9.76. The fourth-order valence-electron chi connectivity index (χ4n) is 4.12. The van der Waals surface area contributed by atoms with Crippen molar-refractivity contribution in [1.82, 2.24) is 4.90 Å². The number of amidine groups is 1. The van der Waals surface area contributed by atoms with Gasteiger partial charge < -0.3 is 9.64 Å². The number of fused-ring (bicyclic) bond motifs is 1. The summed E-state index contributed by atoms with van der Waals surface area (Å²) in [7, 11) is 1.98. The minimum Gasteiger partial charge on any atom is -0.363 e. The van der Waals surface area contributed by atoms with E-state index in [1.165, 1.54) is 12.1 Å². The van der Waals surface area contributed by atoms with Gasteiger partial charge in [-0.25, -0.2) is 4.39 Å². The van der Waals surface area contributed by atoms with E-state index >= 15 is 0 Å². The molecule has 0 bridgehead atoms.